The number of benzene rings is 1. The van der Waals surface area contributed by atoms with Gasteiger partial charge in [0, 0.05) is 25.2 Å². The van der Waals surface area contributed by atoms with E-state index in [2.05, 4.69) is 5.32 Å². The summed E-state index contributed by atoms with van der Waals surface area (Å²) < 4.78 is 27.0. The van der Waals surface area contributed by atoms with Gasteiger partial charge in [0.2, 0.25) is 10.0 Å². The Labute approximate surface area is 148 Å². The molecule has 2 unspecified atom stereocenters. The Morgan fingerprint density at radius 2 is 1.91 bits per heavy atom. The Hall–Kier alpha value is -0.840. The molecule has 0 aromatic heterocycles. The normalized spacial score (nSPS) is 26.6. The Bertz CT molecular complexity index is 721. The van der Waals surface area contributed by atoms with Crippen LogP contribution in [0.5, 0.6) is 0 Å². The van der Waals surface area contributed by atoms with Gasteiger partial charge in [-0.2, -0.15) is 9.57 Å². The zero-order valence-electron chi connectivity index (χ0n) is 12.7. The Balaban J connectivity index is 0.00000192. The molecule has 8 heteroatoms. The predicted octanol–water partition coefficient (Wildman–Crippen LogP) is 2.54. The second-order valence-electron chi connectivity index (χ2n) is 6.04. The quantitative estimate of drug-likeness (QED) is 0.880. The van der Waals surface area contributed by atoms with Gasteiger partial charge in [-0.1, -0.05) is 11.6 Å². The molecule has 2 heterocycles. The van der Waals surface area contributed by atoms with Gasteiger partial charge in [-0.25, -0.2) is 8.42 Å². The molecule has 3 rings (SSSR count). The Kier molecular flexibility index (Phi) is 5.59. The summed E-state index contributed by atoms with van der Waals surface area (Å²) in [4.78, 5) is 0.143. The monoisotopic (exact) mass is 375 g/mol. The molecule has 0 saturated carbocycles. The summed E-state index contributed by atoms with van der Waals surface area (Å²) >= 11 is 5.97. The summed E-state index contributed by atoms with van der Waals surface area (Å²) in [6.45, 7) is 0. The lowest BCUT2D eigenvalue weighted by atomic mass is 10.0. The molecule has 1 aromatic carbocycles. The third-order valence-corrected chi connectivity index (χ3v) is 6.92. The van der Waals surface area contributed by atoms with E-state index < -0.39 is 10.0 Å². The van der Waals surface area contributed by atoms with Crippen molar-refractivity contribution < 1.29 is 8.42 Å². The van der Waals surface area contributed by atoms with Crippen LogP contribution in [-0.4, -0.2) is 37.9 Å². The third kappa shape index (κ3) is 3.49. The van der Waals surface area contributed by atoms with Gasteiger partial charge < -0.3 is 5.32 Å². The van der Waals surface area contributed by atoms with Crippen molar-refractivity contribution in [1.82, 2.24) is 9.62 Å². The predicted molar refractivity (Wildman–Crippen MR) is 91.3 cm³/mol. The first-order chi connectivity index (χ1) is 10.4. The van der Waals surface area contributed by atoms with Crippen molar-refractivity contribution >= 4 is 34.0 Å². The SMILES string of the molecule is CN(C1CC2CCC(C1)N2)S(=O)(=O)c1ccc(C#N)c(Cl)c1.Cl. The van der Waals surface area contributed by atoms with Crippen LogP contribution in [0.3, 0.4) is 0 Å². The van der Waals surface area contributed by atoms with E-state index in [1.54, 1.807) is 7.05 Å². The number of nitrogens with one attached hydrogen (secondary N) is 1. The number of nitrogens with zero attached hydrogens (tertiary/aromatic N) is 2. The second kappa shape index (κ2) is 6.96. The molecule has 0 spiro atoms. The molecule has 1 aromatic rings. The van der Waals surface area contributed by atoms with E-state index in [1.165, 1.54) is 22.5 Å². The molecule has 2 saturated heterocycles. The highest BCUT2D eigenvalue weighted by Crippen LogP contribution is 2.32. The number of piperidine rings is 1. The fourth-order valence-electron chi connectivity index (χ4n) is 3.43. The molecule has 2 fully saturated rings. The van der Waals surface area contributed by atoms with Crippen LogP contribution in [0.1, 0.15) is 31.2 Å². The highest BCUT2D eigenvalue weighted by molar-refractivity contribution is 7.89. The highest BCUT2D eigenvalue weighted by Gasteiger charge is 2.38. The van der Waals surface area contributed by atoms with Crippen LogP contribution >= 0.6 is 24.0 Å². The van der Waals surface area contributed by atoms with E-state index >= 15 is 0 Å². The van der Waals surface area contributed by atoms with E-state index in [-0.39, 0.29) is 33.9 Å². The minimum absolute atomic E-state index is 0. The van der Waals surface area contributed by atoms with Crippen LogP contribution in [0.15, 0.2) is 23.1 Å². The number of rotatable bonds is 3. The van der Waals surface area contributed by atoms with Crippen LogP contribution in [0, 0.1) is 11.3 Å². The lowest BCUT2D eigenvalue weighted by molar-refractivity contribution is 0.251. The van der Waals surface area contributed by atoms with E-state index in [0.29, 0.717) is 12.1 Å². The Morgan fingerprint density at radius 3 is 2.43 bits per heavy atom. The van der Waals surface area contributed by atoms with E-state index in [0.717, 1.165) is 25.7 Å². The minimum Gasteiger partial charge on any atom is -0.311 e. The first-order valence-corrected chi connectivity index (χ1v) is 9.17. The van der Waals surface area contributed by atoms with Crippen molar-refractivity contribution in [3.8, 4) is 6.07 Å². The van der Waals surface area contributed by atoms with Gasteiger partial charge in [0.15, 0.2) is 0 Å². The average Bonchev–Trinajstić information content (AvgIpc) is 2.84. The van der Waals surface area contributed by atoms with Crippen molar-refractivity contribution in [1.29, 1.82) is 5.26 Å². The number of fused-ring (bicyclic) bond motifs is 2. The Morgan fingerprint density at radius 1 is 1.30 bits per heavy atom. The zero-order valence-corrected chi connectivity index (χ0v) is 15.1. The molecule has 2 atom stereocenters. The van der Waals surface area contributed by atoms with Gasteiger partial charge in [0.25, 0.3) is 0 Å². The maximum absolute atomic E-state index is 12.8. The smallest absolute Gasteiger partial charge is 0.243 e. The molecule has 5 nitrogen and oxygen atoms in total. The number of hydrogen-bond donors (Lipinski definition) is 1. The van der Waals surface area contributed by atoms with Crippen molar-refractivity contribution in [2.75, 3.05) is 7.05 Å². The maximum atomic E-state index is 12.8. The van der Waals surface area contributed by atoms with Gasteiger partial charge in [0.05, 0.1) is 15.5 Å². The van der Waals surface area contributed by atoms with Crippen LogP contribution in [0.4, 0.5) is 0 Å². The molecule has 0 amide bonds. The number of sulfonamides is 1. The minimum atomic E-state index is -3.59. The summed E-state index contributed by atoms with van der Waals surface area (Å²) in [5.41, 5.74) is 0.281. The molecular weight excluding hydrogens is 357 g/mol. The number of halogens is 2. The van der Waals surface area contributed by atoms with Gasteiger partial charge >= 0.3 is 0 Å². The first-order valence-electron chi connectivity index (χ1n) is 7.35. The summed E-state index contributed by atoms with van der Waals surface area (Å²) in [6, 6.07) is 7.06. The van der Waals surface area contributed by atoms with Gasteiger partial charge in [-0.05, 0) is 43.9 Å². The van der Waals surface area contributed by atoms with Crippen LogP contribution in [0.2, 0.25) is 5.02 Å². The third-order valence-electron chi connectivity index (χ3n) is 4.70. The molecule has 23 heavy (non-hydrogen) atoms. The fourth-order valence-corrected chi connectivity index (χ4v) is 5.13. The second-order valence-corrected chi connectivity index (χ2v) is 8.44. The topological polar surface area (TPSA) is 73.2 Å². The van der Waals surface area contributed by atoms with Crippen molar-refractivity contribution in [3.63, 3.8) is 0 Å². The summed E-state index contributed by atoms with van der Waals surface area (Å²) in [5, 5.41) is 12.6. The number of hydrogen-bond acceptors (Lipinski definition) is 4. The lowest BCUT2D eigenvalue weighted by Crippen LogP contribution is -2.48. The molecular formula is C15H19Cl2N3O2S. The highest BCUT2D eigenvalue weighted by atomic mass is 35.5. The summed E-state index contributed by atoms with van der Waals surface area (Å²) in [6.07, 6.45) is 3.93. The van der Waals surface area contributed by atoms with Gasteiger partial charge in [-0.15, -0.1) is 12.4 Å². The zero-order chi connectivity index (χ0) is 15.9. The molecule has 0 aliphatic carbocycles. The van der Waals surface area contributed by atoms with Crippen molar-refractivity contribution in [2.24, 2.45) is 0 Å². The largest absolute Gasteiger partial charge is 0.311 e. The average molecular weight is 376 g/mol. The van der Waals surface area contributed by atoms with Crippen LogP contribution in [0.25, 0.3) is 0 Å². The first kappa shape index (κ1) is 18.5. The van der Waals surface area contributed by atoms with Gasteiger partial charge in [0.1, 0.15) is 6.07 Å². The molecule has 0 radical (unpaired) electrons. The fraction of sp³-hybridized carbons (Fsp3) is 0.533. The molecule has 126 valence electrons. The van der Waals surface area contributed by atoms with E-state index in [9.17, 15) is 8.42 Å². The molecule has 1 N–H and O–H groups in total. The van der Waals surface area contributed by atoms with Crippen molar-refractivity contribution in [2.45, 2.75) is 48.7 Å². The summed E-state index contributed by atoms with van der Waals surface area (Å²) in [7, 11) is -1.96. The van der Waals surface area contributed by atoms with E-state index in [4.69, 9.17) is 16.9 Å². The molecule has 2 aliphatic heterocycles. The van der Waals surface area contributed by atoms with Crippen molar-refractivity contribution in [3.05, 3.63) is 28.8 Å². The van der Waals surface area contributed by atoms with E-state index in [1.807, 2.05) is 6.07 Å². The molecule has 2 aliphatic rings. The lowest BCUT2D eigenvalue weighted by Gasteiger charge is -2.34. The van der Waals surface area contributed by atoms with Crippen LogP contribution < -0.4 is 5.32 Å². The standard InChI is InChI=1S/C15H18ClN3O2S.ClH/c1-19(13-6-11-3-4-12(7-13)18-11)22(20,21)14-5-2-10(9-17)15(16)8-14;/h2,5,8,11-13,18H,3-4,6-7H2,1H3;1H. The summed E-state index contributed by atoms with van der Waals surface area (Å²) in [5.74, 6) is 0. The number of nitriles is 1. The van der Waals surface area contributed by atoms with Crippen LogP contribution in [-0.2, 0) is 10.0 Å². The molecule has 2 bridgehead atoms. The maximum Gasteiger partial charge on any atom is 0.243 e. The van der Waals surface area contributed by atoms with Gasteiger partial charge in [-0.3, -0.25) is 0 Å².